The number of aryl methyl sites for hydroxylation is 1. The predicted octanol–water partition coefficient (Wildman–Crippen LogP) is 3.04. The van der Waals surface area contributed by atoms with Gasteiger partial charge < -0.3 is 14.8 Å². The zero-order chi connectivity index (χ0) is 20.2. The Bertz CT molecular complexity index is 920. The quantitative estimate of drug-likeness (QED) is 0.792. The first-order valence-electron chi connectivity index (χ1n) is 10.4. The molecule has 0 bridgehead atoms. The summed E-state index contributed by atoms with van der Waals surface area (Å²) in [7, 11) is 0. The second-order valence-corrected chi connectivity index (χ2v) is 7.71. The summed E-state index contributed by atoms with van der Waals surface area (Å²) < 4.78 is 2.24. The van der Waals surface area contributed by atoms with Crippen LogP contribution >= 0.6 is 0 Å². The summed E-state index contributed by atoms with van der Waals surface area (Å²) in [5.74, 6) is 1.75. The summed E-state index contributed by atoms with van der Waals surface area (Å²) in [5, 5.41) is 11.7. The lowest BCUT2D eigenvalue weighted by Crippen LogP contribution is -2.33. The molecule has 29 heavy (non-hydrogen) atoms. The van der Waals surface area contributed by atoms with Crippen LogP contribution in [0.5, 0.6) is 0 Å². The van der Waals surface area contributed by atoms with E-state index in [9.17, 15) is 9.59 Å². The minimum Gasteiger partial charge on any atom is -0.332 e. The van der Waals surface area contributed by atoms with Crippen LogP contribution in [0.1, 0.15) is 55.4 Å². The predicted molar refractivity (Wildman–Crippen MR) is 110 cm³/mol. The van der Waals surface area contributed by atoms with Gasteiger partial charge in [0.2, 0.25) is 11.8 Å². The third kappa shape index (κ3) is 4.09. The van der Waals surface area contributed by atoms with Crippen molar-refractivity contribution < 1.29 is 9.59 Å². The van der Waals surface area contributed by atoms with Crippen LogP contribution in [0.3, 0.4) is 0 Å². The van der Waals surface area contributed by atoms with Gasteiger partial charge in [0.25, 0.3) is 0 Å². The zero-order valence-corrected chi connectivity index (χ0v) is 16.6. The van der Waals surface area contributed by atoms with E-state index < -0.39 is 0 Å². The summed E-state index contributed by atoms with van der Waals surface area (Å²) in [5.41, 5.74) is 1.45. The van der Waals surface area contributed by atoms with E-state index >= 15 is 0 Å². The van der Waals surface area contributed by atoms with Crippen molar-refractivity contribution in [3.05, 3.63) is 54.1 Å². The number of aromatic nitrogens is 3. The Balaban J connectivity index is 1.53. The van der Waals surface area contributed by atoms with Gasteiger partial charge in [-0.1, -0.05) is 31.2 Å². The first-order valence-corrected chi connectivity index (χ1v) is 10.4. The molecule has 1 saturated heterocycles. The van der Waals surface area contributed by atoms with Gasteiger partial charge in [-0.25, -0.2) is 0 Å². The van der Waals surface area contributed by atoms with Crippen LogP contribution in [0.15, 0.2) is 36.9 Å². The largest absolute Gasteiger partial charge is 0.332 e. The third-order valence-electron chi connectivity index (χ3n) is 5.81. The minimum atomic E-state index is -0.282. The monoisotopic (exact) mass is 393 g/mol. The van der Waals surface area contributed by atoms with E-state index in [1.165, 1.54) is 12.5 Å². The van der Waals surface area contributed by atoms with Crippen LogP contribution in [-0.4, -0.2) is 38.0 Å². The van der Waals surface area contributed by atoms with Crippen LogP contribution in [0.2, 0.25) is 0 Å². The maximum absolute atomic E-state index is 13.2. The Kier molecular flexibility index (Phi) is 5.74. The van der Waals surface area contributed by atoms with Crippen molar-refractivity contribution in [3.8, 4) is 0 Å². The number of hydrogen-bond acceptors (Lipinski definition) is 4. The number of benzene rings is 1. The van der Waals surface area contributed by atoms with Crippen molar-refractivity contribution >= 4 is 17.5 Å². The molecule has 0 radical (unpaired) electrons. The Morgan fingerprint density at radius 3 is 2.86 bits per heavy atom. The van der Waals surface area contributed by atoms with Gasteiger partial charge >= 0.3 is 0 Å². The molecule has 0 aliphatic carbocycles. The lowest BCUT2D eigenvalue weighted by molar-refractivity contribution is -0.131. The van der Waals surface area contributed by atoms with Crippen LogP contribution < -0.4 is 5.32 Å². The van der Waals surface area contributed by atoms with E-state index in [0.29, 0.717) is 5.69 Å². The molecule has 3 heterocycles. The van der Waals surface area contributed by atoms with E-state index in [0.717, 1.165) is 62.4 Å². The molecule has 1 unspecified atom stereocenters. The van der Waals surface area contributed by atoms with Gasteiger partial charge in [0.05, 0.1) is 12.5 Å². The molecule has 1 atom stereocenters. The third-order valence-corrected chi connectivity index (χ3v) is 5.81. The smallest absolute Gasteiger partial charge is 0.247 e. The summed E-state index contributed by atoms with van der Waals surface area (Å²) in [6.07, 6.45) is 7.81. The highest BCUT2D eigenvalue weighted by Crippen LogP contribution is 2.33. The lowest BCUT2D eigenvalue weighted by atomic mass is 10.1. The number of amides is 2. The first-order chi connectivity index (χ1) is 14.2. The molecule has 0 spiro atoms. The van der Waals surface area contributed by atoms with Crippen LogP contribution in [0.25, 0.3) is 0 Å². The van der Waals surface area contributed by atoms with Gasteiger partial charge in [0.15, 0.2) is 5.82 Å². The molecule has 2 aromatic rings. The highest BCUT2D eigenvalue weighted by molar-refractivity contribution is 5.99. The minimum absolute atomic E-state index is 0.0169. The number of fused-ring (bicyclic) bond motifs is 1. The molecule has 1 aromatic carbocycles. The fourth-order valence-corrected chi connectivity index (χ4v) is 4.33. The molecule has 1 N–H and O–H groups in total. The molecule has 1 aromatic heterocycles. The molecule has 1 fully saturated rings. The van der Waals surface area contributed by atoms with Crippen LogP contribution in [0.4, 0.5) is 5.69 Å². The Hall–Kier alpha value is -2.96. The van der Waals surface area contributed by atoms with E-state index in [-0.39, 0.29) is 24.3 Å². The molecule has 152 valence electrons. The number of carbonyl (C=O) groups excluding carboxylic acids is 2. The molecular formula is C22H27N5O2. The van der Waals surface area contributed by atoms with Gasteiger partial charge in [-0.15, -0.1) is 10.2 Å². The van der Waals surface area contributed by atoms with E-state index in [2.05, 4.69) is 26.7 Å². The van der Waals surface area contributed by atoms with Gasteiger partial charge in [0.1, 0.15) is 5.82 Å². The molecule has 2 aliphatic heterocycles. The SMILES string of the molecule is C=CC(=O)Nc1ccccc1CC(=O)N1CCCC1c1nnc2n1CCCCC2. The highest BCUT2D eigenvalue weighted by atomic mass is 16.2. The van der Waals surface area contributed by atoms with Gasteiger partial charge in [-0.3, -0.25) is 9.59 Å². The highest BCUT2D eigenvalue weighted by Gasteiger charge is 2.34. The molecule has 2 aliphatic rings. The Morgan fingerprint density at radius 1 is 1.14 bits per heavy atom. The van der Waals surface area contributed by atoms with Gasteiger partial charge in [-0.05, 0) is 43.4 Å². The second-order valence-electron chi connectivity index (χ2n) is 7.71. The maximum atomic E-state index is 13.2. The zero-order valence-electron chi connectivity index (χ0n) is 16.6. The number of nitrogens with zero attached hydrogens (tertiary/aromatic N) is 4. The average Bonchev–Trinajstić information content (AvgIpc) is 3.30. The second kappa shape index (κ2) is 8.59. The molecule has 0 saturated carbocycles. The summed E-state index contributed by atoms with van der Waals surface area (Å²) >= 11 is 0. The number of carbonyl (C=O) groups is 2. The fourth-order valence-electron chi connectivity index (χ4n) is 4.33. The summed E-state index contributed by atoms with van der Waals surface area (Å²) in [6, 6.07) is 7.40. The van der Waals surface area contributed by atoms with Crippen molar-refractivity contribution in [1.29, 1.82) is 0 Å². The number of likely N-dealkylation sites (tertiary alicyclic amines) is 1. The topological polar surface area (TPSA) is 80.1 Å². The average molecular weight is 393 g/mol. The first kappa shape index (κ1) is 19.4. The van der Waals surface area contributed by atoms with Crippen molar-refractivity contribution in [2.75, 3.05) is 11.9 Å². The van der Waals surface area contributed by atoms with Crippen LogP contribution in [0, 0.1) is 0 Å². The molecule has 4 rings (SSSR count). The fraction of sp³-hybridized carbons (Fsp3) is 0.455. The van der Waals surface area contributed by atoms with Gasteiger partial charge in [-0.2, -0.15) is 0 Å². The van der Waals surface area contributed by atoms with Crippen molar-refractivity contribution in [3.63, 3.8) is 0 Å². The number of rotatable bonds is 5. The van der Waals surface area contributed by atoms with E-state index in [4.69, 9.17) is 0 Å². The van der Waals surface area contributed by atoms with Crippen molar-refractivity contribution in [2.45, 2.75) is 57.5 Å². The number of hydrogen-bond donors (Lipinski definition) is 1. The molecule has 7 heteroatoms. The summed E-state index contributed by atoms with van der Waals surface area (Å²) in [4.78, 5) is 26.8. The lowest BCUT2D eigenvalue weighted by Gasteiger charge is -2.25. The van der Waals surface area contributed by atoms with Crippen molar-refractivity contribution in [2.24, 2.45) is 0 Å². The Labute approximate surface area is 170 Å². The van der Waals surface area contributed by atoms with E-state index in [1.807, 2.05) is 29.2 Å². The molecule has 2 amide bonds. The Morgan fingerprint density at radius 2 is 2.00 bits per heavy atom. The summed E-state index contributed by atoms with van der Waals surface area (Å²) in [6.45, 7) is 5.15. The van der Waals surface area contributed by atoms with Crippen LogP contribution in [-0.2, 0) is 29.0 Å². The normalized spacial score (nSPS) is 18.8. The van der Waals surface area contributed by atoms with E-state index in [1.54, 1.807) is 0 Å². The molecule has 7 nitrogen and oxygen atoms in total. The maximum Gasteiger partial charge on any atom is 0.247 e. The van der Waals surface area contributed by atoms with Gasteiger partial charge in [0, 0.05) is 25.2 Å². The van der Waals surface area contributed by atoms with Crippen molar-refractivity contribution in [1.82, 2.24) is 19.7 Å². The number of para-hydroxylation sites is 1. The molecular weight excluding hydrogens is 366 g/mol. The number of anilines is 1. The standard InChI is InChI=1S/C22H27N5O2/c1-2-20(28)23-17-10-6-5-9-16(17)15-21(29)26-14-8-11-18(26)22-25-24-19-12-4-3-7-13-27(19)22/h2,5-6,9-10,18H,1,3-4,7-8,11-15H2,(H,23,28). The number of nitrogens with one attached hydrogen (secondary N) is 1.